The summed E-state index contributed by atoms with van der Waals surface area (Å²) in [4.78, 5) is 43.0. The molecule has 0 aliphatic carbocycles. The molecule has 0 atom stereocenters. The van der Waals surface area contributed by atoms with Crippen molar-refractivity contribution in [1.29, 1.82) is 0 Å². The highest BCUT2D eigenvalue weighted by molar-refractivity contribution is 6.03. The lowest BCUT2D eigenvalue weighted by molar-refractivity contribution is 0.0841. The van der Waals surface area contributed by atoms with E-state index >= 15 is 0 Å². The van der Waals surface area contributed by atoms with Gasteiger partial charge in [-0.15, -0.1) is 0 Å². The summed E-state index contributed by atoms with van der Waals surface area (Å²) in [6.07, 6.45) is 2.87. The van der Waals surface area contributed by atoms with E-state index < -0.39 is 11.8 Å². The smallest absolute Gasteiger partial charge is 0.288 e. The summed E-state index contributed by atoms with van der Waals surface area (Å²) >= 11 is 0. The Kier molecular flexibility index (Phi) is 5.47. The van der Waals surface area contributed by atoms with Crippen LogP contribution in [0.1, 0.15) is 62.9 Å². The van der Waals surface area contributed by atoms with Gasteiger partial charge >= 0.3 is 0 Å². The Morgan fingerprint density at radius 2 is 1.88 bits per heavy atom. The van der Waals surface area contributed by atoms with Crippen LogP contribution >= 0.6 is 0 Å². The molecule has 2 aromatic rings. The lowest BCUT2D eigenvalue weighted by Gasteiger charge is -2.08. The van der Waals surface area contributed by atoms with Crippen molar-refractivity contribution >= 4 is 17.6 Å². The lowest BCUT2D eigenvalue weighted by Crippen LogP contribution is -2.42. The molecule has 126 valence electrons. The molecule has 0 unspecified atom stereocenters. The van der Waals surface area contributed by atoms with Gasteiger partial charge in [0.15, 0.2) is 5.78 Å². The number of hydrogen-bond acceptors (Lipinski definition) is 4. The fourth-order valence-electron chi connectivity index (χ4n) is 2.58. The van der Waals surface area contributed by atoms with Crippen molar-refractivity contribution in [1.82, 2.24) is 20.8 Å². The van der Waals surface area contributed by atoms with Crippen LogP contribution < -0.4 is 10.9 Å². The maximum atomic E-state index is 12.4. The van der Waals surface area contributed by atoms with E-state index in [-0.39, 0.29) is 11.5 Å². The Labute approximate surface area is 139 Å². The molecule has 0 saturated carbocycles. The second-order valence-electron chi connectivity index (χ2n) is 5.41. The molecule has 2 rings (SSSR count). The minimum atomic E-state index is -0.518. The second kappa shape index (κ2) is 7.54. The van der Waals surface area contributed by atoms with Crippen LogP contribution in [-0.4, -0.2) is 27.6 Å². The fraction of sp³-hybridized carbons (Fsp3) is 0.294. The van der Waals surface area contributed by atoms with Crippen LogP contribution in [0.25, 0.3) is 0 Å². The van der Waals surface area contributed by atoms with Crippen molar-refractivity contribution < 1.29 is 14.4 Å². The zero-order valence-electron chi connectivity index (χ0n) is 13.9. The van der Waals surface area contributed by atoms with Crippen LogP contribution in [0.2, 0.25) is 0 Å². The third-order valence-electron chi connectivity index (χ3n) is 3.56. The maximum absolute atomic E-state index is 12.4. The molecule has 0 bridgehead atoms. The average Bonchev–Trinajstić information content (AvgIpc) is 2.90. The van der Waals surface area contributed by atoms with E-state index in [1.165, 1.54) is 19.2 Å². The summed E-state index contributed by atoms with van der Waals surface area (Å²) in [7, 11) is 0. The van der Waals surface area contributed by atoms with Crippen LogP contribution in [-0.2, 0) is 6.42 Å². The predicted molar refractivity (Wildman–Crippen MR) is 88.7 cm³/mol. The van der Waals surface area contributed by atoms with Gasteiger partial charge in [-0.2, -0.15) is 0 Å². The highest BCUT2D eigenvalue weighted by atomic mass is 16.2. The van der Waals surface area contributed by atoms with E-state index in [1.807, 2.05) is 6.92 Å². The van der Waals surface area contributed by atoms with Crippen molar-refractivity contribution in [2.45, 2.75) is 33.6 Å². The molecule has 0 fully saturated rings. The van der Waals surface area contributed by atoms with E-state index in [0.29, 0.717) is 28.9 Å². The van der Waals surface area contributed by atoms with Crippen molar-refractivity contribution in [3.8, 4) is 0 Å². The Morgan fingerprint density at radius 3 is 2.46 bits per heavy atom. The molecule has 2 aromatic heterocycles. The minimum absolute atomic E-state index is 0.0937. The number of hydrazine groups is 1. The standard InChI is InChI=1S/C17H20N4O3/c1-4-7-12-14(11(3)22)10(2)19-15(12)17(24)21-20-16(23)13-8-5-6-9-18-13/h5-6,8-9,19H,4,7H2,1-3H3,(H,20,23)(H,21,24). The van der Waals surface area contributed by atoms with Gasteiger partial charge in [0.1, 0.15) is 11.4 Å². The van der Waals surface area contributed by atoms with E-state index in [9.17, 15) is 14.4 Å². The number of aryl methyl sites for hydroxylation is 1. The maximum Gasteiger partial charge on any atom is 0.288 e. The molecule has 7 nitrogen and oxygen atoms in total. The van der Waals surface area contributed by atoms with E-state index in [4.69, 9.17) is 0 Å². The van der Waals surface area contributed by atoms with E-state index in [1.54, 1.807) is 19.1 Å². The lowest BCUT2D eigenvalue weighted by atomic mass is 10.0. The topological polar surface area (TPSA) is 104 Å². The van der Waals surface area contributed by atoms with Crippen LogP contribution in [0.4, 0.5) is 0 Å². The highest BCUT2D eigenvalue weighted by Crippen LogP contribution is 2.21. The molecule has 2 amide bonds. The van der Waals surface area contributed by atoms with Crippen LogP contribution in [0.15, 0.2) is 24.4 Å². The third-order valence-corrected chi connectivity index (χ3v) is 3.56. The number of pyridine rings is 1. The normalized spacial score (nSPS) is 10.3. The number of carbonyl (C=O) groups is 3. The van der Waals surface area contributed by atoms with E-state index in [2.05, 4.69) is 20.8 Å². The zero-order chi connectivity index (χ0) is 17.7. The summed E-state index contributed by atoms with van der Waals surface area (Å²) in [6.45, 7) is 5.19. The molecule has 24 heavy (non-hydrogen) atoms. The summed E-state index contributed by atoms with van der Waals surface area (Å²) in [5.74, 6) is -1.11. The number of nitrogens with zero attached hydrogens (tertiary/aromatic N) is 1. The molecule has 0 aromatic carbocycles. The van der Waals surface area contributed by atoms with E-state index in [0.717, 1.165) is 6.42 Å². The highest BCUT2D eigenvalue weighted by Gasteiger charge is 2.22. The number of amides is 2. The zero-order valence-corrected chi connectivity index (χ0v) is 13.9. The van der Waals surface area contributed by atoms with Gasteiger partial charge in [-0.3, -0.25) is 30.2 Å². The van der Waals surface area contributed by atoms with Gasteiger partial charge in [-0.1, -0.05) is 19.4 Å². The number of rotatable bonds is 5. The molecule has 0 saturated heterocycles. The second-order valence-corrected chi connectivity index (χ2v) is 5.41. The number of Topliss-reactive ketones (excluding diaryl/α,β-unsaturated/α-hetero) is 1. The van der Waals surface area contributed by atoms with Gasteiger partial charge in [0.25, 0.3) is 11.8 Å². The minimum Gasteiger partial charge on any atom is -0.354 e. The molecule has 7 heteroatoms. The first-order chi connectivity index (χ1) is 11.5. The summed E-state index contributed by atoms with van der Waals surface area (Å²) in [5.41, 5.74) is 7.02. The SMILES string of the molecule is CCCc1c(C(=O)NNC(=O)c2ccccn2)[nH]c(C)c1C(C)=O. The Bertz CT molecular complexity index is 766. The van der Waals surface area contributed by atoms with Gasteiger partial charge in [0, 0.05) is 17.5 Å². The molecule has 0 spiro atoms. The molecule has 0 aliphatic rings. The summed E-state index contributed by atoms with van der Waals surface area (Å²) < 4.78 is 0. The Hall–Kier alpha value is -2.96. The first-order valence-electron chi connectivity index (χ1n) is 7.69. The monoisotopic (exact) mass is 328 g/mol. The number of aromatic nitrogens is 2. The Balaban J connectivity index is 2.16. The predicted octanol–water partition coefficient (Wildman–Crippen LogP) is 1.95. The molecule has 3 N–H and O–H groups in total. The Morgan fingerprint density at radius 1 is 1.17 bits per heavy atom. The fourth-order valence-corrected chi connectivity index (χ4v) is 2.58. The number of carbonyl (C=O) groups excluding carboxylic acids is 3. The molecular weight excluding hydrogens is 308 g/mol. The van der Waals surface area contributed by atoms with Gasteiger partial charge < -0.3 is 4.98 Å². The number of hydrogen-bond donors (Lipinski definition) is 3. The number of H-pyrrole nitrogens is 1. The van der Waals surface area contributed by atoms with Gasteiger partial charge in [-0.05, 0) is 38.0 Å². The van der Waals surface area contributed by atoms with Crippen molar-refractivity contribution in [2.75, 3.05) is 0 Å². The first kappa shape index (κ1) is 17.4. The summed E-state index contributed by atoms with van der Waals surface area (Å²) in [5, 5.41) is 0. The first-order valence-corrected chi connectivity index (χ1v) is 7.69. The quantitative estimate of drug-likeness (QED) is 0.576. The number of aromatic amines is 1. The van der Waals surface area contributed by atoms with Gasteiger partial charge in [-0.25, -0.2) is 0 Å². The number of ketones is 1. The average molecular weight is 328 g/mol. The van der Waals surface area contributed by atoms with Gasteiger partial charge in [0.2, 0.25) is 0 Å². The largest absolute Gasteiger partial charge is 0.354 e. The molecule has 0 radical (unpaired) electrons. The van der Waals surface area contributed by atoms with Crippen LogP contribution in [0.3, 0.4) is 0 Å². The van der Waals surface area contributed by atoms with Crippen molar-refractivity contribution in [3.63, 3.8) is 0 Å². The molecule has 0 aliphatic heterocycles. The van der Waals surface area contributed by atoms with Crippen LogP contribution in [0, 0.1) is 6.92 Å². The summed E-state index contributed by atoms with van der Waals surface area (Å²) in [6, 6.07) is 4.91. The van der Waals surface area contributed by atoms with Crippen molar-refractivity contribution in [3.05, 3.63) is 52.6 Å². The third kappa shape index (κ3) is 3.68. The van der Waals surface area contributed by atoms with Crippen LogP contribution in [0.5, 0.6) is 0 Å². The molecule has 2 heterocycles. The van der Waals surface area contributed by atoms with Crippen molar-refractivity contribution in [2.24, 2.45) is 0 Å². The molecular formula is C17H20N4O3. The van der Waals surface area contributed by atoms with Gasteiger partial charge in [0.05, 0.1) is 0 Å². The number of nitrogens with one attached hydrogen (secondary N) is 3.